The zero-order valence-corrected chi connectivity index (χ0v) is 20.0. The van der Waals surface area contributed by atoms with E-state index in [1.54, 1.807) is 17.4 Å². The number of carbonyl (C=O) groups excluding carboxylic acids is 3. The maximum atomic E-state index is 13.5. The molecule has 3 aliphatic rings. The highest BCUT2D eigenvalue weighted by molar-refractivity contribution is 7.10. The number of fused-ring (bicyclic) bond motifs is 1. The fourth-order valence-electron chi connectivity index (χ4n) is 5.50. The lowest BCUT2D eigenvalue weighted by atomic mass is 9.94. The highest BCUT2D eigenvalue weighted by Gasteiger charge is 2.42. The van der Waals surface area contributed by atoms with Crippen molar-refractivity contribution >= 4 is 34.7 Å². The molecule has 1 aromatic heterocycles. The number of amides is 3. The van der Waals surface area contributed by atoms with Crippen LogP contribution < -0.4 is 4.90 Å². The lowest BCUT2D eigenvalue weighted by molar-refractivity contribution is -0.135. The summed E-state index contributed by atoms with van der Waals surface area (Å²) in [7, 11) is 0. The minimum atomic E-state index is -0.302. The Hall–Kier alpha value is -2.67. The number of thiophene rings is 1. The summed E-state index contributed by atoms with van der Waals surface area (Å²) in [5.41, 5.74) is 1.76. The first-order chi connectivity index (χ1) is 16.1. The van der Waals surface area contributed by atoms with E-state index in [0.717, 1.165) is 55.9 Å². The van der Waals surface area contributed by atoms with Gasteiger partial charge in [0.25, 0.3) is 11.8 Å². The number of rotatable bonds is 4. The van der Waals surface area contributed by atoms with Crippen LogP contribution in [0.5, 0.6) is 0 Å². The average molecular weight is 466 g/mol. The maximum Gasteiger partial charge on any atom is 0.264 e. The number of hydrogen-bond donors (Lipinski definition) is 0. The molecule has 0 N–H and O–H groups in total. The Morgan fingerprint density at radius 2 is 1.76 bits per heavy atom. The second-order valence-corrected chi connectivity index (χ2v) is 10.4. The fraction of sp³-hybridized carbons (Fsp3) is 0.500. The molecule has 5 rings (SSSR count). The molecule has 1 aromatic carbocycles. The van der Waals surface area contributed by atoms with Gasteiger partial charge >= 0.3 is 0 Å². The highest BCUT2D eigenvalue weighted by Crippen LogP contribution is 2.38. The van der Waals surface area contributed by atoms with Crippen LogP contribution >= 0.6 is 11.3 Å². The Morgan fingerprint density at radius 1 is 0.970 bits per heavy atom. The van der Waals surface area contributed by atoms with Crippen LogP contribution in [0.1, 0.15) is 77.1 Å². The molecule has 0 radical (unpaired) electrons. The summed E-state index contributed by atoms with van der Waals surface area (Å²) in [5.74, 6) is -0.259. The molecule has 33 heavy (non-hydrogen) atoms. The first-order valence-electron chi connectivity index (χ1n) is 12.1. The van der Waals surface area contributed by atoms with Crippen LogP contribution in [-0.4, -0.2) is 53.7 Å². The topological polar surface area (TPSA) is 60.9 Å². The number of nitrogens with zero attached hydrogens (tertiary/aromatic N) is 3. The Morgan fingerprint density at radius 3 is 2.48 bits per heavy atom. The predicted molar refractivity (Wildman–Crippen MR) is 130 cm³/mol. The summed E-state index contributed by atoms with van der Waals surface area (Å²) >= 11 is 1.55. The quantitative estimate of drug-likeness (QED) is 0.613. The van der Waals surface area contributed by atoms with E-state index in [1.165, 1.54) is 17.7 Å². The normalized spacial score (nSPS) is 22.3. The van der Waals surface area contributed by atoms with E-state index in [9.17, 15) is 14.4 Å². The van der Waals surface area contributed by atoms with E-state index >= 15 is 0 Å². The molecule has 2 fully saturated rings. The minimum absolute atomic E-state index is 0.0546. The number of imide groups is 1. The fourth-order valence-corrected chi connectivity index (χ4v) is 6.28. The second kappa shape index (κ2) is 9.29. The van der Waals surface area contributed by atoms with Crippen molar-refractivity contribution in [2.75, 3.05) is 31.1 Å². The molecular weight excluding hydrogens is 434 g/mol. The second-order valence-electron chi connectivity index (χ2n) is 9.40. The molecule has 2 saturated heterocycles. The van der Waals surface area contributed by atoms with E-state index in [1.807, 2.05) is 36.6 Å². The van der Waals surface area contributed by atoms with E-state index in [-0.39, 0.29) is 29.7 Å². The van der Waals surface area contributed by atoms with Gasteiger partial charge in [-0.15, -0.1) is 11.3 Å². The van der Waals surface area contributed by atoms with Gasteiger partial charge in [0.05, 0.1) is 28.8 Å². The molecule has 2 atom stereocenters. The maximum absolute atomic E-state index is 13.5. The van der Waals surface area contributed by atoms with Crippen molar-refractivity contribution in [2.24, 2.45) is 5.92 Å². The van der Waals surface area contributed by atoms with Crippen molar-refractivity contribution in [3.8, 4) is 0 Å². The number of anilines is 1. The van der Waals surface area contributed by atoms with Crippen molar-refractivity contribution < 1.29 is 14.4 Å². The van der Waals surface area contributed by atoms with Gasteiger partial charge in [-0.1, -0.05) is 25.0 Å². The van der Waals surface area contributed by atoms with Crippen molar-refractivity contribution in [1.29, 1.82) is 0 Å². The van der Waals surface area contributed by atoms with Gasteiger partial charge < -0.3 is 9.80 Å². The SMILES string of the molecule is CC(c1cccs1)N1C(=O)c2cccc(N3CCCC(C(=O)N4CCCCCC4)C3)c2C1=O. The van der Waals surface area contributed by atoms with Crippen LogP contribution in [0.25, 0.3) is 0 Å². The van der Waals surface area contributed by atoms with Gasteiger partial charge in [-0.25, -0.2) is 0 Å². The third kappa shape index (κ3) is 4.07. The Balaban J connectivity index is 1.39. The molecular formula is C26H31N3O3S. The van der Waals surface area contributed by atoms with Crippen molar-refractivity contribution in [2.45, 2.75) is 51.5 Å². The minimum Gasteiger partial charge on any atom is -0.370 e. The van der Waals surface area contributed by atoms with Crippen LogP contribution in [0.4, 0.5) is 5.69 Å². The van der Waals surface area contributed by atoms with E-state index in [0.29, 0.717) is 17.7 Å². The molecule has 3 amide bonds. The zero-order valence-electron chi connectivity index (χ0n) is 19.2. The molecule has 0 spiro atoms. The van der Waals surface area contributed by atoms with E-state index in [4.69, 9.17) is 0 Å². The van der Waals surface area contributed by atoms with Gasteiger partial charge in [-0.05, 0) is 56.2 Å². The first kappa shape index (κ1) is 22.1. The number of carbonyl (C=O) groups is 3. The molecule has 7 heteroatoms. The van der Waals surface area contributed by atoms with Gasteiger partial charge in [-0.3, -0.25) is 19.3 Å². The smallest absolute Gasteiger partial charge is 0.264 e. The summed E-state index contributed by atoms with van der Waals surface area (Å²) in [5, 5.41) is 1.96. The van der Waals surface area contributed by atoms with Gasteiger partial charge in [-0.2, -0.15) is 0 Å². The third-order valence-corrected chi connectivity index (χ3v) is 8.34. The summed E-state index contributed by atoms with van der Waals surface area (Å²) < 4.78 is 0. The molecule has 0 aliphatic carbocycles. The Labute approximate surface area is 199 Å². The van der Waals surface area contributed by atoms with Crippen LogP contribution in [0.3, 0.4) is 0 Å². The van der Waals surface area contributed by atoms with Gasteiger partial charge in [0.1, 0.15) is 0 Å². The number of benzene rings is 1. The molecule has 3 aliphatic heterocycles. The van der Waals surface area contributed by atoms with Crippen LogP contribution in [0, 0.1) is 5.92 Å². The first-order valence-corrected chi connectivity index (χ1v) is 13.0. The Bertz CT molecular complexity index is 1040. The largest absolute Gasteiger partial charge is 0.370 e. The highest BCUT2D eigenvalue weighted by atomic mass is 32.1. The summed E-state index contributed by atoms with van der Waals surface area (Å²) in [6, 6.07) is 9.15. The molecule has 4 heterocycles. The van der Waals surface area contributed by atoms with Crippen LogP contribution in [-0.2, 0) is 4.79 Å². The molecule has 174 valence electrons. The third-order valence-electron chi connectivity index (χ3n) is 7.30. The molecule has 2 unspecified atom stereocenters. The lowest BCUT2D eigenvalue weighted by Gasteiger charge is -2.36. The number of piperidine rings is 1. The Kier molecular flexibility index (Phi) is 6.23. The molecule has 2 aromatic rings. The van der Waals surface area contributed by atoms with Crippen LogP contribution in [0.2, 0.25) is 0 Å². The molecule has 0 bridgehead atoms. The standard InChI is InChI=1S/C26H31N3O3S/c1-18(22-12-8-16-33-22)29-25(31)20-10-6-11-21(23(20)26(29)32)28-15-7-9-19(17-28)24(30)27-13-4-2-3-5-14-27/h6,8,10-12,16,18-19H,2-5,7,9,13-15,17H2,1H3. The molecule has 6 nitrogen and oxygen atoms in total. The zero-order chi connectivity index (χ0) is 22.9. The van der Waals surface area contributed by atoms with E-state index < -0.39 is 0 Å². The van der Waals surface area contributed by atoms with Crippen molar-refractivity contribution in [3.63, 3.8) is 0 Å². The monoisotopic (exact) mass is 465 g/mol. The average Bonchev–Trinajstić information content (AvgIpc) is 3.36. The van der Waals surface area contributed by atoms with Crippen LogP contribution in [0.15, 0.2) is 35.7 Å². The van der Waals surface area contributed by atoms with Gasteiger partial charge in [0.2, 0.25) is 5.91 Å². The summed E-state index contributed by atoms with van der Waals surface area (Å²) in [6.07, 6.45) is 6.37. The predicted octanol–water partition coefficient (Wildman–Crippen LogP) is 4.72. The van der Waals surface area contributed by atoms with Crippen molar-refractivity contribution in [3.05, 3.63) is 51.7 Å². The van der Waals surface area contributed by atoms with Gasteiger partial charge in [0.15, 0.2) is 0 Å². The molecule has 0 saturated carbocycles. The number of hydrogen-bond acceptors (Lipinski definition) is 5. The van der Waals surface area contributed by atoms with Gasteiger partial charge in [0, 0.05) is 31.1 Å². The number of likely N-dealkylation sites (tertiary alicyclic amines) is 1. The van der Waals surface area contributed by atoms with E-state index in [2.05, 4.69) is 9.80 Å². The summed E-state index contributed by atoms with van der Waals surface area (Å²) in [6.45, 7) is 5.02. The van der Waals surface area contributed by atoms with Crippen molar-refractivity contribution in [1.82, 2.24) is 9.80 Å². The summed E-state index contributed by atoms with van der Waals surface area (Å²) in [4.78, 5) is 46.6. The lowest BCUT2D eigenvalue weighted by Crippen LogP contribution is -2.45.